The van der Waals surface area contributed by atoms with Crippen LogP contribution in [0, 0.1) is 11.3 Å². The van der Waals surface area contributed by atoms with Crippen LogP contribution in [-0.4, -0.2) is 17.5 Å². The molecule has 0 spiro atoms. The van der Waals surface area contributed by atoms with Crippen molar-refractivity contribution in [2.45, 2.75) is 13.0 Å². The molecule has 0 saturated heterocycles. The van der Waals surface area contributed by atoms with Crippen LogP contribution in [0.4, 0.5) is 0 Å². The SMILES string of the molecule is COc1ccc(C(=O)c2ccc(CC#N)n2Cc2ccccc2)cc1. The van der Waals surface area contributed by atoms with Crippen molar-refractivity contribution in [3.63, 3.8) is 0 Å². The first-order chi connectivity index (χ1) is 12.2. The Morgan fingerprint density at radius 1 is 1.04 bits per heavy atom. The number of methoxy groups -OCH3 is 1. The highest BCUT2D eigenvalue weighted by Crippen LogP contribution is 2.19. The molecule has 0 fully saturated rings. The van der Waals surface area contributed by atoms with Gasteiger partial charge in [-0.05, 0) is 42.0 Å². The summed E-state index contributed by atoms with van der Waals surface area (Å²) in [5, 5.41) is 9.07. The second kappa shape index (κ2) is 7.50. The maximum absolute atomic E-state index is 12.9. The van der Waals surface area contributed by atoms with E-state index in [1.165, 1.54) is 0 Å². The van der Waals surface area contributed by atoms with Gasteiger partial charge in [0.1, 0.15) is 5.75 Å². The quantitative estimate of drug-likeness (QED) is 0.645. The molecule has 3 rings (SSSR count). The minimum absolute atomic E-state index is 0.0669. The van der Waals surface area contributed by atoms with Crippen LogP contribution in [-0.2, 0) is 13.0 Å². The Hall–Kier alpha value is -3.32. The molecule has 0 unspecified atom stereocenters. The van der Waals surface area contributed by atoms with Crippen LogP contribution in [0.2, 0.25) is 0 Å². The van der Waals surface area contributed by atoms with E-state index in [1.807, 2.05) is 41.0 Å². The average molecular weight is 330 g/mol. The fourth-order valence-corrected chi connectivity index (χ4v) is 2.79. The zero-order valence-corrected chi connectivity index (χ0v) is 14.0. The number of ketones is 1. The van der Waals surface area contributed by atoms with Crippen molar-refractivity contribution in [1.82, 2.24) is 4.57 Å². The first-order valence-electron chi connectivity index (χ1n) is 8.01. The van der Waals surface area contributed by atoms with Crippen molar-refractivity contribution in [2.75, 3.05) is 7.11 Å². The molecule has 4 nitrogen and oxygen atoms in total. The van der Waals surface area contributed by atoms with E-state index in [0.717, 1.165) is 11.3 Å². The third-order valence-electron chi connectivity index (χ3n) is 4.10. The first kappa shape index (κ1) is 16.5. The Morgan fingerprint density at radius 3 is 2.40 bits per heavy atom. The molecule has 3 aromatic rings. The van der Waals surface area contributed by atoms with Gasteiger partial charge >= 0.3 is 0 Å². The van der Waals surface area contributed by atoms with Gasteiger partial charge in [-0.2, -0.15) is 5.26 Å². The second-order valence-electron chi connectivity index (χ2n) is 5.67. The molecule has 0 radical (unpaired) electrons. The summed E-state index contributed by atoms with van der Waals surface area (Å²) in [6.07, 6.45) is 0.267. The van der Waals surface area contributed by atoms with Gasteiger partial charge < -0.3 is 9.30 Å². The summed E-state index contributed by atoms with van der Waals surface area (Å²) in [6, 6.07) is 22.8. The Kier molecular flexibility index (Phi) is 4.96. The lowest BCUT2D eigenvalue weighted by molar-refractivity contribution is 0.103. The predicted octanol–water partition coefficient (Wildman–Crippen LogP) is 3.84. The number of hydrogen-bond acceptors (Lipinski definition) is 3. The molecule has 25 heavy (non-hydrogen) atoms. The molecule has 0 saturated carbocycles. The molecule has 1 heterocycles. The van der Waals surface area contributed by atoms with Crippen LogP contribution in [0.3, 0.4) is 0 Å². The molecule has 2 aromatic carbocycles. The fraction of sp³-hybridized carbons (Fsp3) is 0.143. The Labute approximate surface area is 146 Å². The van der Waals surface area contributed by atoms with E-state index < -0.39 is 0 Å². The van der Waals surface area contributed by atoms with E-state index in [-0.39, 0.29) is 12.2 Å². The van der Waals surface area contributed by atoms with E-state index in [1.54, 1.807) is 37.4 Å². The molecule has 0 bridgehead atoms. The lowest BCUT2D eigenvalue weighted by Gasteiger charge is -2.12. The Balaban J connectivity index is 1.97. The van der Waals surface area contributed by atoms with Gasteiger partial charge in [0.15, 0.2) is 0 Å². The highest BCUT2D eigenvalue weighted by molar-refractivity contribution is 6.08. The molecule has 124 valence electrons. The topological polar surface area (TPSA) is 55.0 Å². The summed E-state index contributed by atoms with van der Waals surface area (Å²) >= 11 is 0. The maximum Gasteiger partial charge on any atom is 0.209 e. The monoisotopic (exact) mass is 330 g/mol. The van der Waals surface area contributed by atoms with Gasteiger partial charge in [-0.3, -0.25) is 4.79 Å². The number of hydrogen-bond donors (Lipinski definition) is 0. The number of carbonyl (C=O) groups excluding carboxylic acids is 1. The molecule has 0 aliphatic rings. The normalized spacial score (nSPS) is 10.2. The number of nitriles is 1. The van der Waals surface area contributed by atoms with Crippen LogP contribution in [0.25, 0.3) is 0 Å². The largest absolute Gasteiger partial charge is 0.497 e. The number of carbonyl (C=O) groups is 1. The Morgan fingerprint density at radius 2 is 1.76 bits per heavy atom. The summed E-state index contributed by atoms with van der Waals surface area (Å²) in [7, 11) is 1.59. The minimum Gasteiger partial charge on any atom is -0.497 e. The molecule has 0 aliphatic heterocycles. The molecule has 0 N–H and O–H groups in total. The number of ether oxygens (including phenoxy) is 1. The van der Waals surface area contributed by atoms with E-state index in [9.17, 15) is 4.79 Å². The second-order valence-corrected chi connectivity index (χ2v) is 5.67. The molecular weight excluding hydrogens is 312 g/mol. The van der Waals surface area contributed by atoms with Gasteiger partial charge in [0, 0.05) is 17.8 Å². The molecular formula is C21H18N2O2. The van der Waals surface area contributed by atoms with Gasteiger partial charge in [-0.25, -0.2) is 0 Å². The smallest absolute Gasteiger partial charge is 0.209 e. The maximum atomic E-state index is 12.9. The molecule has 1 aromatic heterocycles. The van der Waals surface area contributed by atoms with E-state index >= 15 is 0 Å². The number of nitrogens with zero attached hydrogens (tertiary/aromatic N) is 2. The molecule has 0 aliphatic carbocycles. The lowest BCUT2D eigenvalue weighted by Crippen LogP contribution is -2.13. The number of rotatable bonds is 6. The predicted molar refractivity (Wildman–Crippen MR) is 95.7 cm³/mol. The molecule has 4 heteroatoms. The van der Waals surface area contributed by atoms with Crippen LogP contribution in [0.15, 0.2) is 66.7 Å². The van der Waals surface area contributed by atoms with Crippen molar-refractivity contribution in [3.8, 4) is 11.8 Å². The third-order valence-corrected chi connectivity index (χ3v) is 4.10. The highest BCUT2D eigenvalue weighted by Gasteiger charge is 2.17. The van der Waals surface area contributed by atoms with Crippen molar-refractivity contribution in [1.29, 1.82) is 5.26 Å². The first-order valence-corrected chi connectivity index (χ1v) is 8.01. The van der Waals surface area contributed by atoms with Crippen molar-refractivity contribution < 1.29 is 9.53 Å². The standard InChI is InChI=1S/C21H18N2O2/c1-25-19-10-7-17(8-11-19)21(24)20-12-9-18(13-14-22)23(20)15-16-5-3-2-4-6-16/h2-12H,13,15H2,1H3. The van der Waals surface area contributed by atoms with Gasteiger partial charge in [-0.15, -0.1) is 0 Å². The van der Waals surface area contributed by atoms with Crippen LogP contribution < -0.4 is 4.74 Å². The third kappa shape index (κ3) is 3.61. The number of aromatic nitrogens is 1. The average Bonchev–Trinajstić information content (AvgIpc) is 3.05. The summed E-state index contributed by atoms with van der Waals surface area (Å²) < 4.78 is 7.06. The Bertz CT molecular complexity index is 903. The number of benzene rings is 2. The van der Waals surface area contributed by atoms with Crippen molar-refractivity contribution >= 4 is 5.78 Å². The fourth-order valence-electron chi connectivity index (χ4n) is 2.79. The lowest BCUT2D eigenvalue weighted by atomic mass is 10.1. The van der Waals surface area contributed by atoms with Crippen molar-refractivity contribution in [3.05, 3.63) is 89.2 Å². The van der Waals surface area contributed by atoms with Crippen LogP contribution in [0.1, 0.15) is 27.3 Å². The van der Waals surface area contributed by atoms with Gasteiger partial charge in [0.05, 0.1) is 25.3 Å². The van der Waals surface area contributed by atoms with E-state index in [2.05, 4.69) is 6.07 Å². The summed E-state index contributed by atoms with van der Waals surface area (Å²) in [5.41, 5.74) is 3.10. The zero-order valence-electron chi connectivity index (χ0n) is 14.0. The zero-order chi connectivity index (χ0) is 17.6. The summed E-state index contributed by atoms with van der Waals surface area (Å²) in [6.45, 7) is 0.558. The van der Waals surface area contributed by atoms with Crippen LogP contribution >= 0.6 is 0 Å². The van der Waals surface area contributed by atoms with Gasteiger partial charge in [0.2, 0.25) is 5.78 Å². The molecule has 0 amide bonds. The summed E-state index contributed by atoms with van der Waals surface area (Å²) in [4.78, 5) is 12.9. The van der Waals surface area contributed by atoms with Gasteiger partial charge in [-0.1, -0.05) is 30.3 Å². The van der Waals surface area contributed by atoms with E-state index in [4.69, 9.17) is 10.00 Å². The minimum atomic E-state index is -0.0669. The highest BCUT2D eigenvalue weighted by atomic mass is 16.5. The van der Waals surface area contributed by atoms with Gasteiger partial charge in [0.25, 0.3) is 0 Å². The molecule has 0 atom stereocenters. The van der Waals surface area contributed by atoms with Crippen LogP contribution in [0.5, 0.6) is 5.75 Å². The van der Waals surface area contributed by atoms with E-state index in [0.29, 0.717) is 23.6 Å². The van der Waals surface area contributed by atoms with Crippen molar-refractivity contribution in [2.24, 2.45) is 0 Å². The summed E-state index contributed by atoms with van der Waals surface area (Å²) in [5.74, 6) is 0.643.